The molecule has 3 heterocycles. The summed E-state index contributed by atoms with van der Waals surface area (Å²) in [5.74, 6) is 0.560. The summed E-state index contributed by atoms with van der Waals surface area (Å²) in [5.41, 5.74) is 2.57. The summed E-state index contributed by atoms with van der Waals surface area (Å²) in [4.78, 5) is 16.4. The third-order valence-corrected chi connectivity index (χ3v) is 3.60. The van der Waals surface area contributed by atoms with Gasteiger partial charge in [0.2, 0.25) is 5.91 Å². The van der Waals surface area contributed by atoms with Crippen molar-refractivity contribution in [1.82, 2.24) is 19.2 Å². The highest BCUT2D eigenvalue weighted by atomic mass is 16.1. The molecule has 0 atom stereocenters. The van der Waals surface area contributed by atoms with E-state index in [1.165, 1.54) is 0 Å². The first kappa shape index (κ1) is 15.3. The van der Waals surface area contributed by atoms with E-state index >= 15 is 0 Å². The van der Waals surface area contributed by atoms with Crippen LogP contribution in [0.1, 0.15) is 32.4 Å². The summed E-state index contributed by atoms with van der Waals surface area (Å²) < 4.78 is 3.76. The number of carbonyl (C=O) groups excluding carboxylic acids is 1. The number of amides is 1. The molecule has 0 saturated heterocycles. The fourth-order valence-electron chi connectivity index (χ4n) is 2.39. The van der Waals surface area contributed by atoms with Crippen LogP contribution >= 0.6 is 0 Å². The molecule has 120 valence electrons. The predicted molar refractivity (Wildman–Crippen MR) is 89.2 cm³/mol. The number of nitrogens with zero attached hydrogens (tertiary/aromatic N) is 4. The normalized spacial score (nSPS) is 11.3. The second kappa shape index (κ2) is 6.64. The minimum absolute atomic E-state index is 0.0333. The number of hydrogen-bond acceptors (Lipinski definition) is 3. The summed E-state index contributed by atoms with van der Waals surface area (Å²) in [6.07, 6.45) is 8.88. The van der Waals surface area contributed by atoms with Crippen LogP contribution in [0.4, 0.5) is 5.69 Å². The minimum atomic E-state index is 0.0333. The number of nitrogens with one attached hydrogen (secondary N) is 1. The Bertz CT molecular complexity index is 769. The Labute approximate surface area is 135 Å². The van der Waals surface area contributed by atoms with Crippen molar-refractivity contribution in [1.29, 1.82) is 0 Å². The van der Waals surface area contributed by atoms with Crippen LogP contribution in [0.3, 0.4) is 0 Å². The van der Waals surface area contributed by atoms with E-state index in [0.29, 0.717) is 18.9 Å². The van der Waals surface area contributed by atoms with E-state index < -0.39 is 0 Å². The lowest BCUT2D eigenvalue weighted by Crippen LogP contribution is -2.11. The number of imidazole rings is 1. The molecule has 0 aromatic carbocycles. The second-order valence-corrected chi connectivity index (χ2v) is 6.11. The number of fused-ring (bicyclic) bond motifs is 1. The Morgan fingerprint density at radius 2 is 2.17 bits per heavy atom. The fraction of sp³-hybridized carbons (Fsp3) is 0.353. The molecule has 6 nitrogen and oxygen atoms in total. The molecule has 0 spiro atoms. The molecule has 3 aromatic rings. The molecule has 0 bridgehead atoms. The number of hydrogen-bond donors (Lipinski definition) is 1. The van der Waals surface area contributed by atoms with Crippen LogP contribution in [0.5, 0.6) is 0 Å². The van der Waals surface area contributed by atoms with Crippen molar-refractivity contribution in [2.75, 3.05) is 5.32 Å². The molecule has 0 aliphatic rings. The van der Waals surface area contributed by atoms with Gasteiger partial charge in [0.1, 0.15) is 5.65 Å². The van der Waals surface area contributed by atoms with Gasteiger partial charge in [-0.15, -0.1) is 0 Å². The van der Waals surface area contributed by atoms with Gasteiger partial charge in [-0.2, -0.15) is 5.10 Å². The standard InChI is InChI=1S/C17H21N5O/c1-13(2)6-7-17(23)20-14-9-18-22(11-14)12-15-10-21-8-4-3-5-16(21)19-15/h3-5,8-11,13H,6-7,12H2,1-2H3,(H,20,23). The van der Waals surface area contributed by atoms with E-state index in [2.05, 4.69) is 29.2 Å². The van der Waals surface area contributed by atoms with E-state index in [9.17, 15) is 4.79 Å². The summed E-state index contributed by atoms with van der Waals surface area (Å²) in [5, 5.41) is 7.16. The third-order valence-electron chi connectivity index (χ3n) is 3.60. The maximum Gasteiger partial charge on any atom is 0.224 e. The summed E-state index contributed by atoms with van der Waals surface area (Å²) in [7, 11) is 0. The number of aromatic nitrogens is 4. The molecule has 0 saturated carbocycles. The summed E-state index contributed by atoms with van der Waals surface area (Å²) >= 11 is 0. The molecule has 1 amide bonds. The molecule has 3 rings (SSSR count). The summed E-state index contributed by atoms with van der Waals surface area (Å²) in [6.45, 7) is 4.80. The van der Waals surface area contributed by atoms with Crippen LogP contribution in [-0.2, 0) is 11.3 Å². The predicted octanol–water partition coefficient (Wildman–Crippen LogP) is 2.95. The van der Waals surface area contributed by atoms with Gasteiger partial charge in [0.15, 0.2) is 0 Å². The van der Waals surface area contributed by atoms with Crippen LogP contribution < -0.4 is 5.32 Å². The average Bonchev–Trinajstić information content (AvgIpc) is 3.11. The SMILES string of the molecule is CC(C)CCC(=O)Nc1cnn(Cc2cn3ccccc3n2)c1. The maximum absolute atomic E-state index is 11.8. The monoisotopic (exact) mass is 311 g/mol. The van der Waals surface area contributed by atoms with Gasteiger partial charge in [0.05, 0.1) is 24.1 Å². The molecule has 0 aliphatic heterocycles. The van der Waals surface area contributed by atoms with Gasteiger partial charge in [-0.1, -0.05) is 19.9 Å². The topological polar surface area (TPSA) is 64.2 Å². The van der Waals surface area contributed by atoms with Crippen LogP contribution in [0.25, 0.3) is 5.65 Å². The lowest BCUT2D eigenvalue weighted by atomic mass is 10.1. The van der Waals surface area contributed by atoms with Gasteiger partial charge < -0.3 is 9.72 Å². The van der Waals surface area contributed by atoms with Crippen molar-refractivity contribution in [2.24, 2.45) is 5.92 Å². The molecule has 6 heteroatoms. The number of pyridine rings is 1. The fourth-order valence-corrected chi connectivity index (χ4v) is 2.39. The average molecular weight is 311 g/mol. The lowest BCUT2D eigenvalue weighted by molar-refractivity contribution is -0.116. The minimum Gasteiger partial charge on any atom is -0.323 e. The van der Waals surface area contributed by atoms with Crippen molar-refractivity contribution in [3.63, 3.8) is 0 Å². The van der Waals surface area contributed by atoms with Gasteiger partial charge in [0, 0.05) is 25.0 Å². The lowest BCUT2D eigenvalue weighted by Gasteiger charge is -2.04. The van der Waals surface area contributed by atoms with E-state index in [1.54, 1.807) is 10.9 Å². The summed E-state index contributed by atoms with van der Waals surface area (Å²) in [6, 6.07) is 5.90. The Balaban J connectivity index is 1.61. The van der Waals surface area contributed by atoms with Crippen LogP contribution in [-0.4, -0.2) is 25.1 Å². The van der Waals surface area contributed by atoms with E-state index in [1.807, 2.05) is 41.2 Å². The second-order valence-electron chi connectivity index (χ2n) is 6.11. The van der Waals surface area contributed by atoms with Gasteiger partial charge in [0.25, 0.3) is 0 Å². The van der Waals surface area contributed by atoms with Crippen LogP contribution in [0.2, 0.25) is 0 Å². The van der Waals surface area contributed by atoms with Crippen LogP contribution in [0.15, 0.2) is 43.0 Å². The molecular weight excluding hydrogens is 290 g/mol. The Morgan fingerprint density at radius 3 is 2.96 bits per heavy atom. The largest absolute Gasteiger partial charge is 0.323 e. The molecule has 0 radical (unpaired) electrons. The Morgan fingerprint density at radius 1 is 1.30 bits per heavy atom. The Hall–Kier alpha value is -2.63. The Kier molecular flexibility index (Phi) is 4.41. The first-order valence-corrected chi connectivity index (χ1v) is 7.85. The molecule has 0 fully saturated rings. The number of carbonyl (C=O) groups is 1. The zero-order valence-corrected chi connectivity index (χ0v) is 13.4. The highest BCUT2D eigenvalue weighted by Crippen LogP contribution is 2.11. The molecule has 1 N–H and O–H groups in total. The first-order valence-electron chi connectivity index (χ1n) is 7.85. The van der Waals surface area contributed by atoms with Crippen molar-refractivity contribution >= 4 is 17.2 Å². The van der Waals surface area contributed by atoms with Gasteiger partial charge in [-0.05, 0) is 24.5 Å². The van der Waals surface area contributed by atoms with E-state index in [-0.39, 0.29) is 5.91 Å². The van der Waals surface area contributed by atoms with E-state index in [4.69, 9.17) is 0 Å². The van der Waals surface area contributed by atoms with Crippen molar-refractivity contribution < 1.29 is 4.79 Å². The van der Waals surface area contributed by atoms with Crippen molar-refractivity contribution in [2.45, 2.75) is 33.2 Å². The van der Waals surface area contributed by atoms with Crippen molar-refractivity contribution in [3.8, 4) is 0 Å². The van der Waals surface area contributed by atoms with E-state index in [0.717, 1.165) is 23.4 Å². The maximum atomic E-state index is 11.8. The number of rotatable bonds is 6. The third kappa shape index (κ3) is 3.97. The smallest absolute Gasteiger partial charge is 0.224 e. The highest BCUT2D eigenvalue weighted by Gasteiger charge is 2.07. The highest BCUT2D eigenvalue weighted by molar-refractivity contribution is 5.90. The molecule has 3 aromatic heterocycles. The molecule has 0 aliphatic carbocycles. The van der Waals surface area contributed by atoms with Gasteiger partial charge in [-0.3, -0.25) is 9.48 Å². The molecular formula is C17H21N5O. The quantitative estimate of drug-likeness (QED) is 0.761. The van der Waals surface area contributed by atoms with Gasteiger partial charge >= 0.3 is 0 Å². The van der Waals surface area contributed by atoms with Crippen molar-refractivity contribution in [3.05, 3.63) is 48.7 Å². The zero-order valence-electron chi connectivity index (χ0n) is 13.4. The van der Waals surface area contributed by atoms with Gasteiger partial charge in [-0.25, -0.2) is 4.98 Å². The van der Waals surface area contributed by atoms with Crippen LogP contribution in [0, 0.1) is 5.92 Å². The number of anilines is 1. The zero-order chi connectivity index (χ0) is 16.2. The first-order chi connectivity index (χ1) is 11.1. The molecule has 0 unspecified atom stereocenters. The molecule has 23 heavy (non-hydrogen) atoms.